The second kappa shape index (κ2) is 2.98. The number of pyridine rings is 1. The van der Waals surface area contributed by atoms with E-state index < -0.39 is 17.0 Å². The summed E-state index contributed by atoms with van der Waals surface area (Å²) >= 11 is 0. The number of aromatic nitrogens is 1. The van der Waals surface area contributed by atoms with Gasteiger partial charge in [-0.2, -0.15) is 0 Å². The highest BCUT2D eigenvalue weighted by atomic mass is 19.1. The first-order chi connectivity index (χ1) is 6.58. The Bertz CT molecular complexity index is 339. The second-order valence-corrected chi connectivity index (χ2v) is 3.92. The van der Waals surface area contributed by atoms with Crippen LogP contribution in [0.15, 0.2) is 12.4 Å². The first-order valence-corrected chi connectivity index (χ1v) is 4.63. The molecule has 1 saturated carbocycles. The average molecular weight is 198 g/mol. The Balaban J connectivity index is 2.51. The summed E-state index contributed by atoms with van der Waals surface area (Å²) in [6, 6.07) is -0.228. The van der Waals surface area contributed by atoms with Crippen molar-refractivity contribution < 1.29 is 8.78 Å². The van der Waals surface area contributed by atoms with Gasteiger partial charge in [0.25, 0.3) is 0 Å². The van der Waals surface area contributed by atoms with Crippen LogP contribution in [0.3, 0.4) is 0 Å². The highest BCUT2D eigenvalue weighted by molar-refractivity contribution is 5.34. The monoisotopic (exact) mass is 198 g/mol. The Kier molecular flexibility index (Phi) is 2.03. The van der Waals surface area contributed by atoms with Crippen LogP contribution in [0.1, 0.15) is 25.3 Å². The van der Waals surface area contributed by atoms with E-state index in [9.17, 15) is 8.78 Å². The van der Waals surface area contributed by atoms with E-state index in [0.29, 0.717) is 0 Å². The zero-order valence-electron chi connectivity index (χ0n) is 7.93. The van der Waals surface area contributed by atoms with Crippen LogP contribution in [-0.4, -0.2) is 11.0 Å². The maximum absolute atomic E-state index is 13.4. The fraction of sp³-hybridized carbons (Fsp3) is 0.500. The Hall–Kier alpha value is -1.03. The SMILES string of the molecule is CC(N)C1(c2c(F)cncc2F)CC1. The van der Waals surface area contributed by atoms with Crippen LogP contribution in [0.2, 0.25) is 0 Å². The molecule has 14 heavy (non-hydrogen) atoms. The molecule has 1 atom stereocenters. The van der Waals surface area contributed by atoms with Gasteiger partial charge in [0.1, 0.15) is 11.6 Å². The number of nitrogens with zero attached hydrogens (tertiary/aromatic N) is 1. The van der Waals surface area contributed by atoms with Crippen LogP contribution < -0.4 is 5.73 Å². The van der Waals surface area contributed by atoms with E-state index in [2.05, 4.69) is 4.98 Å². The van der Waals surface area contributed by atoms with Gasteiger partial charge >= 0.3 is 0 Å². The van der Waals surface area contributed by atoms with Crippen molar-refractivity contribution in [1.82, 2.24) is 4.98 Å². The number of rotatable bonds is 2. The van der Waals surface area contributed by atoms with Gasteiger partial charge in [-0.15, -0.1) is 0 Å². The summed E-state index contributed by atoms with van der Waals surface area (Å²) in [6.07, 6.45) is 3.59. The summed E-state index contributed by atoms with van der Waals surface area (Å²) in [5.41, 5.74) is 5.37. The predicted molar refractivity (Wildman–Crippen MR) is 48.7 cm³/mol. The molecule has 1 fully saturated rings. The first-order valence-electron chi connectivity index (χ1n) is 4.63. The highest BCUT2D eigenvalue weighted by Crippen LogP contribution is 2.51. The van der Waals surface area contributed by atoms with Crippen molar-refractivity contribution in [2.75, 3.05) is 0 Å². The number of hydrogen-bond acceptors (Lipinski definition) is 2. The van der Waals surface area contributed by atoms with E-state index in [1.54, 1.807) is 6.92 Å². The Morgan fingerprint density at radius 2 is 1.86 bits per heavy atom. The standard InChI is InChI=1S/C10H12F2N2/c1-6(13)10(2-3-10)9-7(11)4-14-5-8(9)12/h4-6H,2-3,13H2,1H3. The van der Waals surface area contributed by atoms with Crippen LogP contribution in [0.5, 0.6) is 0 Å². The predicted octanol–water partition coefficient (Wildman–Crippen LogP) is 1.74. The van der Waals surface area contributed by atoms with Gasteiger partial charge in [-0.25, -0.2) is 8.78 Å². The minimum absolute atomic E-state index is 0.113. The van der Waals surface area contributed by atoms with Crippen LogP contribution in [0, 0.1) is 11.6 Å². The summed E-state index contributed by atoms with van der Waals surface area (Å²) in [6.45, 7) is 1.78. The van der Waals surface area contributed by atoms with Gasteiger partial charge < -0.3 is 5.73 Å². The number of halogens is 2. The van der Waals surface area contributed by atoms with Crippen LogP contribution in [-0.2, 0) is 5.41 Å². The van der Waals surface area contributed by atoms with E-state index >= 15 is 0 Å². The molecule has 1 aliphatic carbocycles. The molecule has 1 aromatic rings. The fourth-order valence-electron chi connectivity index (χ4n) is 1.95. The smallest absolute Gasteiger partial charge is 0.148 e. The molecule has 0 saturated heterocycles. The van der Waals surface area contributed by atoms with E-state index in [1.165, 1.54) is 0 Å². The van der Waals surface area contributed by atoms with E-state index in [0.717, 1.165) is 25.2 Å². The van der Waals surface area contributed by atoms with Crippen molar-refractivity contribution in [3.8, 4) is 0 Å². The molecule has 0 radical (unpaired) electrons. The Morgan fingerprint density at radius 3 is 2.21 bits per heavy atom. The largest absolute Gasteiger partial charge is 0.327 e. The third-order valence-electron chi connectivity index (χ3n) is 3.01. The molecule has 0 spiro atoms. The molecule has 0 amide bonds. The average Bonchev–Trinajstić information content (AvgIpc) is 2.85. The summed E-state index contributed by atoms with van der Waals surface area (Å²) in [5, 5.41) is 0. The third-order valence-corrected chi connectivity index (χ3v) is 3.01. The lowest BCUT2D eigenvalue weighted by atomic mass is 9.89. The molecule has 2 rings (SSSR count). The molecule has 0 aromatic carbocycles. The summed E-state index contributed by atoms with van der Waals surface area (Å²) in [5.74, 6) is -1.17. The molecular formula is C10H12F2N2. The lowest BCUT2D eigenvalue weighted by molar-refractivity contribution is 0.467. The van der Waals surface area contributed by atoms with E-state index in [1.807, 2.05) is 0 Å². The van der Waals surface area contributed by atoms with Crippen molar-refractivity contribution in [3.63, 3.8) is 0 Å². The van der Waals surface area contributed by atoms with Crippen LogP contribution >= 0.6 is 0 Å². The third kappa shape index (κ3) is 1.21. The lowest BCUT2D eigenvalue weighted by Crippen LogP contribution is -2.33. The van der Waals surface area contributed by atoms with Crippen molar-refractivity contribution in [1.29, 1.82) is 0 Å². The van der Waals surface area contributed by atoms with Gasteiger partial charge in [0.2, 0.25) is 0 Å². The first kappa shape index (κ1) is 9.52. The maximum atomic E-state index is 13.4. The molecule has 1 heterocycles. The van der Waals surface area contributed by atoms with Crippen LogP contribution in [0.4, 0.5) is 8.78 Å². The molecule has 1 unspecified atom stereocenters. The van der Waals surface area contributed by atoms with Gasteiger partial charge in [0.15, 0.2) is 0 Å². The van der Waals surface area contributed by atoms with Crippen LogP contribution in [0.25, 0.3) is 0 Å². The lowest BCUT2D eigenvalue weighted by Gasteiger charge is -2.20. The Morgan fingerprint density at radius 1 is 1.36 bits per heavy atom. The molecule has 2 nitrogen and oxygen atoms in total. The van der Waals surface area contributed by atoms with E-state index in [-0.39, 0.29) is 11.6 Å². The molecule has 0 aliphatic heterocycles. The Labute approximate surface area is 81.1 Å². The molecule has 1 aromatic heterocycles. The van der Waals surface area contributed by atoms with Crippen molar-refractivity contribution in [2.24, 2.45) is 5.73 Å². The van der Waals surface area contributed by atoms with Gasteiger partial charge in [-0.1, -0.05) is 0 Å². The zero-order valence-corrected chi connectivity index (χ0v) is 7.93. The maximum Gasteiger partial charge on any atom is 0.148 e. The van der Waals surface area contributed by atoms with Crippen molar-refractivity contribution >= 4 is 0 Å². The quantitative estimate of drug-likeness (QED) is 0.786. The molecule has 4 heteroatoms. The van der Waals surface area contributed by atoms with Gasteiger partial charge in [-0.3, -0.25) is 4.98 Å². The molecule has 0 bridgehead atoms. The summed E-state index contributed by atoms with van der Waals surface area (Å²) < 4.78 is 26.8. The number of nitrogens with two attached hydrogens (primary N) is 1. The van der Waals surface area contributed by atoms with Crippen molar-refractivity contribution in [3.05, 3.63) is 29.6 Å². The molecule has 1 aliphatic rings. The van der Waals surface area contributed by atoms with Gasteiger partial charge in [0, 0.05) is 17.0 Å². The topological polar surface area (TPSA) is 38.9 Å². The number of hydrogen-bond donors (Lipinski definition) is 1. The summed E-state index contributed by atoms with van der Waals surface area (Å²) in [4.78, 5) is 3.45. The minimum atomic E-state index is -0.584. The normalized spacial score (nSPS) is 20.6. The molecule has 2 N–H and O–H groups in total. The second-order valence-electron chi connectivity index (χ2n) is 3.92. The summed E-state index contributed by atoms with van der Waals surface area (Å²) in [7, 11) is 0. The van der Waals surface area contributed by atoms with Crippen molar-refractivity contribution in [2.45, 2.75) is 31.2 Å². The molecular weight excluding hydrogens is 186 g/mol. The van der Waals surface area contributed by atoms with Gasteiger partial charge in [-0.05, 0) is 19.8 Å². The minimum Gasteiger partial charge on any atom is -0.327 e. The highest BCUT2D eigenvalue weighted by Gasteiger charge is 2.50. The van der Waals surface area contributed by atoms with E-state index in [4.69, 9.17) is 5.73 Å². The van der Waals surface area contributed by atoms with Gasteiger partial charge in [0.05, 0.1) is 12.4 Å². The molecule has 76 valence electrons. The fourth-order valence-corrected chi connectivity index (χ4v) is 1.95. The zero-order chi connectivity index (χ0) is 10.3.